The first-order chi connectivity index (χ1) is 8.07. The van der Waals surface area contributed by atoms with Gasteiger partial charge in [0.15, 0.2) is 5.41 Å². The van der Waals surface area contributed by atoms with E-state index in [9.17, 15) is 9.59 Å². The molecule has 0 aromatic heterocycles. The molecule has 0 saturated carbocycles. The molecule has 0 aromatic rings. The minimum absolute atomic E-state index is 0.237. The second-order valence-corrected chi connectivity index (χ2v) is 4.14. The van der Waals surface area contributed by atoms with Gasteiger partial charge in [0.05, 0.1) is 19.3 Å². The Morgan fingerprint density at radius 2 is 1.76 bits per heavy atom. The topological polar surface area (TPSA) is 61.8 Å². The van der Waals surface area contributed by atoms with E-state index in [0.717, 1.165) is 6.42 Å². The van der Waals surface area contributed by atoms with Crippen molar-refractivity contribution >= 4 is 11.9 Å². The monoisotopic (exact) mass is 244 g/mol. The first-order valence-corrected chi connectivity index (χ1v) is 6.03. The van der Waals surface area contributed by atoms with Gasteiger partial charge in [-0.3, -0.25) is 9.59 Å². The van der Waals surface area contributed by atoms with Gasteiger partial charge < -0.3 is 14.2 Å². The fourth-order valence-electron chi connectivity index (χ4n) is 1.94. The molecule has 0 spiro atoms. The minimum Gasteiger partial charge on any atom is -0.465 e. The van der Waals surface area contributed by atoms with Gasteiger partial charge in [-0.05, 0) is 33.6 Å². The highest BCUT2D eigenvalue weighted by molar-refractivity contribution is 6.00. The number of hydrogen-bond acceptors (Lipinski definition) is 5. The number of esters is 2. The summed E-state index contributed by atoms with van der Waals surface area (Å²) in [6.07, 6.45) is 1.08. The normalized spacial score (nSPS) is 20.1. The fraction of sp³-hybridized carbons (Fsp3) is 0.833. The molecule has 5 nitrogen and oxygen atoms in total. The average Bonchev–Trinajstić information content (AvgIpc) is 2.82. The summed E-state index contributed by atoms with van der Waals surface area (Å²) < 4.78 is 15.4. The van der Waals surface area contributed by atoms with Gasteiger partial charge in [0, 0.05) is 6.61 Å². The van der Waals surface area contributed by atoms with Crippen molar-refractivity contribution in [3.05, 3.63) is 0 Å². The number of rotatable bonds is 5. The first kappa shape index (κ1) is 14.0. The molecule has 1 fully saturated rings. The molecule has 1 aliphatic rings. The van der Waals surface area contributed by atoms with Crippen LogP contribution in [0.1, 0.15) is 33.6 Å². The van der Waals surface area contributed by atoms with Crippen molar-refractivity contribution < 1.29 is 23.8 Å². The Bertz CT molecular complexity index is 263. The van der Waals surface area contributed by atoms with E-state index in [2.05, 4.69) is 0 Å². The Hall–Kier alpha value is -1.10. The molecule has 1 heterocycles. The quantitative estimate of drug-likeness (QED) is 0.539. The zero-order chi connectivity index (χ0) is 12.9. The molecule has 0 radical (unpaired) electrons. The van der Waals surface area contributed by atoms with Crippen LogP contribution in [-0.2, 0) is 23.8 Å². The number of carbonyl (C=O) groups excluding carboxylic acids is 2. The van der Waals surface area contributed by atoms with Crippen LogP contribution < -0.4 is 0 Å². The maximum absolute atomic E-state index is 12.0. The predicted molar refractivity (Wildman–Crippen MR) is 60.3 cm³/mol. The van der Waals surface area contributed by atoms with E-state index in [4.69, 9.17) is 14.2 Å². The third-order valence-electron chi connectivity index (χ3n) is 2.97. The van der Waals surface area contributed by atoms with Crippen LogP contribution in [0.4, 0.5) is 0 Å². The second-order valence-electron chi connectivity index (χ2n) is 4.14. The summed E-state index contributed by atoms with van der Waals surface area (Å²) in [6, 6.07) is 0. The van der Waals surface area contributed by atoms with Crippen molar-refractivity contribution in [2.24, 2.45) is 5.41 Å². The first-order valence-electron chi connectivity index (χ1n) is 6.03. The second kappa shape index (κ2) is 6.00. The molecule has 5 heteroatoms. The maximum Gasteiger partial charge on any atom is 0.325 e. The molecular weight excluding hydrogens is 224 g/mol. The van der Waals surface area contributed by atoms with Crippen molar-refractivity contribution in [1.29, 1.82) is 0 Å². The summed E-state index contributed by atoms with van der Waals surface area (Å²) in [5.41, 5.74) is -1.34. The fourth-order valence-corrected chi connectivity index (χ4v) is 1.94. The zero-order valence-corrected chi connectivity index (χ0v) is 10.7. The van der Waals surface area contributed by atoms with Gasteiger partial charge in [0.1, 0.15) is 0 Å². The minimum atomic E-state index is -1.34. The van der Waals surface area contributed by atoms with Crippen LogP contribution in [0.15, 0.2) is 0 Å². The van der Waals surface area contributed by atoms with Gasteiger partial charge in [-0.15, -0.1) is 0 Å². The highest BCUT2D eigenvalue weighted by Crippen LogP contribution is 2.34. The molecule has 17 heavy (non-hydrogen) atoms. The molecule has 1 unspecified atom stereocenters. The summed E-state index contributed by atoms with van der Waals surface area (Å²) in [7, 11) is 0. The smallest absolute Gasteiger partial charge is 0.325 e. The lowest BCUT2D eigenvalue weighted by Crippen LogP contribution is -2.48. The highest BCUT2D eigenvalue weighted by Gasteiger charge is 2.52. The molecular formula is C12H20O5. The van der Waals surface area contributed by atoms with Crippen LogP contribution in [0, 0.1) is 5.41 Å². The van der Waals surface area contributed by atoms with Gasteiger partial charge in [0.25, 0.3) is 0 Å². The van der Waals surface area contributed by atoms with Crippen molar-refractivity contribution in [3.63, 3.8) is 0 Å². The molecule has 98 valence electrons. The summed E-state index contributed by atoms with van der Waals surface area (Å²) >= 11 is 0. The van der Waals surface area contributed by atoms with E-state index in [1.807, 2.05) is 0 Å². The summed E-state index contributed by atoms with van der Waals surface area (Å²) in [4.78, 5) is 23.9. The van der Waals surface area contributed by atoms with Crippen LogP contribution in [0.5, 0.6) is 0 Å². The van der Waals surface area contributed by atoms with Gasteiger partial charge in [-0.1, -0.05) is 0 Å². The largest absolute Gasteiger partial charge is 0.465 e. The molecule has 0 aromatic carbocycles. The van der Waals surface area contributed by atoms with Crippen molar-refractivity contribution in [1.82, 2.24) is 0 Å². The van der Waals surface area contributed by atoms with Crippen LogP contribution in [0.3, 0.4) is 0 Å². The van der Waals surface area contributed by atoms with E-state index in [1.54, 1.807) is 20.8 Å². The highest BCUT2D eigenvalue weighted by atomic mass is 16.6. The predicted octanol–water partition coefficient (Wildman–Crippen LogP) is 1.30. The lowest BCUT2D eigenvalue weighted by atomic mass is 9.82. The Morgan fingerprint density at radius 1 is 1.24 bits per heavy atom. The molecule has 1 saturated heterocycles. The third-order valence-corrected chi connectivity index (χ3v) is 2.97. The van der Waals surface area contributed by atoms with Crippen LogP contribution >= 0.6 is 0 Å². The Kier molecular flexibility index (Phi) is 4.93. The van der Waals surface area contributed by atoms with E-state index < -0.39 is 23.5 Å². The van der Waals surface area contributed by atoms with Crippen molar-refractivity contribution in [2.75, 3.05) is 19.8 Å². The Balaban J connectivity index is 2.89. The molecule has 0 aliphatic carbocycles. The number of hydrogen-bond donors (Lipinski definition) is 0. The number of ether oxygens (including phenoxy) is 3. The lowest BCUT2D eigenvalue weighted by Gasteiger charge is -2.29. The van der Waals surface area contributed by atoms with E-state index in [1.165, 1.54) is 0 Å². The van der Waals surface area contributed by atoms with Gasteiger partial charge in [0.2, 0.25) is 0 Å². The molecule has 1 rings (SSSR count). The number of carbonyl (C=O) groups is 2. The SMILES string of the molecule is CCOC(=O)C(C)(C(=O)OCC)C1CCCO1. The van der Waals surface area contributed by atoms with E-state index in [-0.39, 0.29) is 13.2 Å². The third kappa shape index (κ3) is 2.77. The molecule has 0 amide bonds. The van der Waals surface area contributed by atoms with Gasteiger partial charge >= 0.3 is 11.9 Å². The maximum atomic E-state index is 12.0. The van der Waals surface area contributed by atoms with Crippen LogP contribution in [-0.4, -0.2) is 37.9 Å². The summed E-state index contributed by atoms with van der Waals surface area (Å²) in [6.45, 7) is 6.00. The van der Waals surface area contributed by atoms with E-state index >= 15 is 0 Å². The summed E-state index contributed by atoms with van der Waals surface area (Å²) in [5.74, 6) is -1.13. The van der Waals surface area contributed by atoms with E-state index in [0.29, 0.717) is 13.0 Å². The van der Waals surface area contributed by atoms with Gasteiger partial charge in [-0.25, -0.2) is 0 Å². The van der Waals surface area contributed by atoms with Crippen molar-refractivity contribution in [2.45, 2.75) is 39.7 Å². The van der Waals surface area contributed by atoms with Crippen molar-refractivity contribution in [3.8, 4) is 0 Å². The average molecular weight is 244 g/mol. The summed E-state index contributed by atoms with van der Waals surface area (Å²) in [5, 5.41) is 0. The molecule has 0 bridgehead atoms. The molecule has 1 atom stereocenters. The Labute approximate surface area is 101 Å². The standard InChI is InChI=1S/C12H20O5/c1-4-15-10(13)12(3,11(14)16-5-2)9-7-6-8-17-9/h9H,4-8H2,1-3H3. The van der Waals surface area contributed by atoms with Gasteiger partial charge in [-0.2, -0.15) is 0 Å². The van der Waals surface area contributed by atoms with Crippen LogP contribution in [0.25, 0.3) is 0 Å². The Morgan fingerprint density at radius 3 is 2.12 bits per heavy atom. The lowest BCUT2D eigenvalue weighted by molar-refractivity contribution is -0.179. The molecule has 0 N–H and O–H groups in total. The molecule has 1 aliphatic heterocycles. The zero-order valence-electron chi connectivity index (χ0n) is 10.7. The van der Waals surface area contributed by atoms with Crippen LogP contribution in [0.2, 0.25) is 0 Å².